The molecule has 0 bridgehead atoms. The number of furan rings is 1. The van der Waals surface area contributed by atoms with Gasteiger partial charge in [0.2, 0.25) is 5.88 Å². The van der Waals surface area contributed by atoms with E-state index in [2.05, 4.69) is 15.6 Å². The molecule has 0 radical (unpaired) electrons. The second-order valence-corrected chi connectivity index (χ2v) is 7.30. The van der Waals surface area contributed by atoms with Crippen molar-refractivity contribution in [2.45, 2.75) is 19.7 Å². The van der Waals surface area contributed by atoms with Crippen LogP contribution in [0.15, 0.2) is 95.7 Å². The molecule has 0 aliphatic carbocycles. The summed E-state index contributed by atoms with van der Waals surface area (Å²) < 4.78 is 10.9. The molecule has 7 heteroatoms. The first-order valence-corrected chi connectivity index (χ1v) is 10.5. The normalized spacial score (nSPS) is 10.4. The molecule has 0 fully saturated rings. The molecule has 0 aliphatic heterocycles. The molecule has 0 saturated carbocycles. The minimum absolute atomic E-state index is 0.214. The van der Waals surface area contributed by atoms with Crippen molar-refractivity contribution < 1.29 is 18.7 Å². The summed E-state index contributed by atoms with van der Waals surface area (Å²) in [6, 6.07) is 23.6. The highest BCUT2D eigenvalue weighted by Crippen LogP contribution is 2.13. The zero-order valence-electron chi connectivity index (χ0n) is 17.9. The van der Waals surface area contributed by atoms with Crippen LogP contribution in [0.2, 0.25) is 0 Å². The van der Waals surface area contributed by atoms with Crippen LogP contribution in [0, 0.1) is 0 Å². The van der Waals surface area contributed by atoms with Crippen molar-refractivity contribution in [1.29, 1.82) is 0 Å². The van der Waals surface area contributed by atoms with Gasteiger partial charge in [0.1, 0.15) is 12.4 Å². The molecule has 0 unspecified atom stereocenters. The summed E-state index contributed by atoms with van der Waals surface area (Å²) >= 11 is 0. The van der Waals surface area contributed by atoms with Crippen molar-refractivity contribution in [2.24, 2.45) is 0 Å². The van der Waals surface area contributed by atoms with E-state index in [9.17, 15) is 9.59 Å². The van der Waals surface area contributed by atoms with Gasteiger partial charge in [-0.15, -0.1) is 0 Å². The van der Waals surface area contributed by atoms with E-state index in [1.165, 1.54) is 0 Å². The molecule has 0 spiro atoms. The lowest BCUT2D eigenvalue weighted by Crippen LogP contribution is -2.24. The quantitative estimate of drug-likeness (QED) is 0.408. The molecule has 2 heterocycles. The first-order chi connectivity index (χ1) is 16.2. The highest BCUT2D eigenvalue weighted by atomic mass is 16.5. The van der Waals surface area contributed by atoms with Gasteiger partial charge in [-0.1, -0.05) is 42.5 Å². The number of carbonyl (C=O) groups excluding carboxylic acids is 2. The van der Waals surface area contributed by atoms with E-state index in [1.807, 2.05) is 36.4 Å². The summed E-state index contributed by atoms with van der Waals surface area (Å²) in [6.07, 6.45) is 3.10. The maximum atomic E-state index is 12.6. The van der Waals surface area contributed by atoms with E-state index >= 15 is 0 Å². The lowest BCUT2D eigenvalue weighted by Gasteiger charge is -2.09. The molecule has 2 aromatic heterocycles. The fourth-order valence-corrected chi connectivity index (χ4v) is 3.15. The molecule has 33 heavy (non-hydrogen) atoms. The van der Waals surface area contributed by atoms with Gasteiger partial charge < -0.3 is 19.8 Å². The molecule has 0 atom stereocenters. The van der Waals surface area contributed by atoms with E-state index in [-0.39, 0.29) is 18.4 Å². The Morgan fingerprint density at radius 1 is 0.788 bits per heavy atom. The van der Waals surface area contributed by atoms with E-state index < -0.39 is 0 Å². The van der Waals surface area contributed by atoms with Crippen molar-refractivity contribution in [1.82, 2.24) is 15.6 Å². The minimum Gasteiger partial charge on any atom is -0.473 e. The third-order valence-electron chi connectivity index (χ3n) is 4.87. The number of benzene rings is 2. The number of hydrogen-bond donors (Lipinski definition) is 2. The van der Waals surface area contributed by atoms with Crippen molar-refractivity contribution in [2.75, 3.05) is 0 Å². The number of carbonyl (C=O) groups is 2. The summed E-state index contributed by atoms with van der Waals surface area (Å²) in [4.78, 5) is 29.2. The highest BCUT2D eigenvalue weighted by Gasteiger charge is 2.10. The van der Waals surface area contributed by atoms with Gasteiger partial charge in [-0.2, -0.15) is 0 Å². The standard InChI is InChI=1S/C26H23N3O4/c30-25(29-17-23-10-5-13-32-23)21-9-4-8-20(14-21)16-28-26(31)22-11-12-27-24(15-22)33-18-19-6-2-1-3-7-19/h1-15H,16-18H2,(H,28,31)(H,29,30). The van der Waals surface area contributed by atoms with Crippen LogP contribution in [0.5, 0.6) is 5.88 Å². The summed E-state index contributed by atoms with van der Waals surface area (Å²) in [7, 11) is 0. The van der Waals surface area contributed by atoms with Crippen LogP contribution >= 0.6 is 0 Å². The van der Waals surface area contributed by atoms with Crippen molar-refractivity contribution in [3.63, 3.8) is 0 Å². The second-order valence-electron chi connectivity index (χ2n) is 7.30. The Balaban J connectivity index is 1.31. The van der Waals surface area contributed by atoms with Crippen LogP contribution in [0.1, 0.15) is 37.6 Å². The number of ether oxygens (including phenoxy) is 1. The monoisotopic (exact) mass is 441 g/mol. The van der Waals surface area contributed by atoms with E-state index in [1.54, 1.807) is 54.9 Å². The van der Waals surface area contributed by atoms with E-state index in [4.69, 9.17) is 9.15 Å². The number of aromatic nitrogens is 1. The molecular weight excluding hydrogens is 418 g/mol. The first kappa shape index (κ1) is 21.8. The molecule has 7 nitrogen and oxygen atoms in total. The highest BCUT2D eigenvalue weighted by molar-refractivity contribution is 5.95. The molecule has 166 valence electrons. The van der Waals surface area contributed by atoms with Crippen molar-refractivity contribution in [3.05, 3.63) is 119 Å². The third-order valence-corrected chi connectivity index (χ3v) is 4.87. The summed E-state index contributed by atoms with van der Waals surface area (Å²) in [5.41, 5.74) is 2.78. The zero-order chi connectivity index (χ0) is 22.9. The summed E-state index contributed by atoms with van der Waals surface area (Å²) in [5, 5.41) is 5.68. The number of pyridine rings is 1. The second kappa shape index (κ2) is 10.8. The van der Waals surface area contributed by atoms with Gasteiger partial charge in [0.05, 0.1) is 12.8 Å². The lowest BCUT2D eigenvalue weighted by molar-refractivity contribution is 0.0943. The van der Waals surface area contributed by atoms with Gasteiger partial charge in [0, 0.05) is 29.9 Å². The smallest absolute Gasteiger partial charge is 0.251 e. The van der Waals surface area contributed by atoms with Crippen LogP contribution in [-0.2, 0) is 19.7 Å². The number of nitrogens with one attached hydrogen (secondary N) is 2. The van der Waals surface area contributed by atoms with Crippen LogP contribution in [-0.4, -0.2) is 16.8 Å². The maximum absolute atomic E-state index is 12.6. The molecule has 4 aromatic rings. The van der Waals surface area contributed by atoms with Crippen LogP contribution < -0.4 is 15.4 Å². The summed E-state index contributed by atoms with van der Waals surface area (Å²) in [5.74, 6) is 0.585. The van der Waals surface area contributed by atoms with Crippen LogP contribution in [0.4, 0.5) is 0 Å². The first-order valence-electron chi connectivity index (χ1n) is 10.5. The van der Waals surface area contributed by atoms with E-state index in [0.29, 0.717) is 35.9 Å². The predicted octanol–water partition coefficient (Wildman–Crippen LogP) is 4.11. The third kappa shape index (κ3) is 6.30. The predicted molar refractivity (Wildman–Crippen MR) is 123 cm³/mol. The largest absolute Gasteiger partial charge is 0.473 e. The van der Waals surface area contributed by atoms with Gasteiger partial charge in [0.15, 0.2) is 0 Å². The molecule has 4 rings (SSSR count). The molecule has 2 aromatic carbocycles. The van der Waals surface area contributed by atoms with Crippen LogP contribution in [0.3, 0.4) is 0 Å². The average molecular weight is 441 g/mol. The van der Waals surface area contributed by atoms with Crippen molar-refractivity contribution in [3.8, 4) is 5.88 Å². The van der Waals surface area contributed by atoms with Crippen LogP contribution in [0.25, 0.3) is 0 Å². The molecule has 0 aliphatic rings. The van der Waals surface area contributed by atoms with Gasteiger partial charge in [-0.3, -0.25) is 9.59 Å². The van der Waals surface area contributed by atoms with Gasteiger partial charge >= 0.3 is 0 Å². The van der Waals surface area contributed by atoms with E-state index in [0.717, 1.165) is 11.1 Å². The maximum Gasteiger partial charge on any atom is 0.251 e. The number of nitrogens with zero attached hydrogens (tertiary/aromatic N) is 1. The Kier molecular flexibility index (Phi) is 7.12. The lowest BCUT2D eigenvalue weighted by atomic mass is 10.1. The topological polar surface area (TPSA) is 93.5 Å². The summed E-state index contributed by atoms with van der Waals surface area (Å²) in [6.45, 7) is 0.956. The Hall–Kier alpha value is -4.39. The molecule has 2 N–H and O–H groups in total. The number of hydrogen-bond acceptors (Lipinski definition) is 5. The van der Waals surface area contributed by atoms with Gasteiger partial charge in [-0.05, 0) is 41.5 Å². The Bertz CT molecular complexity index is 1210. The molecule has 0 saturated heterocycles. The van der Waals surface area contributed by atoms with Gasteiger partial charge in [0.25, 0.3) is 11.8 Å². The van der Waals surface area contributed by atoms with Gasteiger partial charge in [-0.25, -0.2) is 4.98 Å². The fraction of sp³-hybridized carbons (Fsp3) is 0.115. The molecule has 2 amide bonds. The zero-order valence-corrected chi connectivity index (χ0v) is 17.9. The Labute approximate surface area is 191 Å². The SMILES string of the molecule is O=C(NCc1cccc(C(=O)NCc2ccco2)c1)c1ccnc(OCc2ccccc2)c1. The number of amides is 2. The Morgan fingerprint density at radius 2 is 1.55 bits per heavy atom. The fourth-order valence-electron chi connectivity index (χ4n) is 3.15. The number of rotatable bonds is 9. The molecular formula is C26H23N3O4. The average Bonchev–Trinajstić information content (AvgIpc) is 3.39. The van der Waals surface area contributed by atoms with Crippen molar-refractivity contribution >= 4 is 11.8 Å². The Morgan fingerprint density at radius 3 is 2.33 bits per heavy atom. The minimum atomic E-state index is -0.255.